The summed E-state index contributed by atoms with van der Waals surface area (Å²) in [6.07, 6.45) is 2.20. The SMILES string of the molecule is CCCO[SiH2]OCCC.c1ccc2ccccc2c1. The summed E-state index contributed by atoms with van der Waals surface area (Å²) in [6.45, 7) is 5.95. The van der Waals surface area contributed by atoms with E-state index in [4.69, 9.17) is 8.85 Å². The van der Waals surface area contributed by atoms with Crippen LogP contribution in [-0.4, -0.2) is 23.2 Å². The largest absolute Gasteiger partial charge is 0.399 e. The van der Waals surface area contributed by atoms with Gasteiger partial charge in [0.2, 0.25) is 0 Å². The van der Waals surface area contributed by atoms with E-state index in [1.807, 2.05) is 0 Å². The van der Waals surface area contributed by atoms with E-state index < -0.39 is 10.0 Å². The molecule has 2 nitrogen and oxygen atoms in total. The van der Waals surface area contributed by atoms with Gasteiger partial charge in [-0.3, -0.25) is 0 Å². The van der Waals surface area contributed by atoms with Crippen LogP contribution in [0.2, 0.25) is 0 Å². The molecule has 0 radical (unpaired) electrons. The van der Waals surface area contributed by atoms with E-state index in [1.165, 1.54) is 10.8 Å². The van der Waals surface area contributed by atoms with Gasteiger partial charge in [0.05, 0.1) is 0 Å². The minimum Gasteiger partial charge on any atom is -0.399 e. The van der Waals surface area contributed by atoms with E-state index in [0.717, 1.165) is 26.1 Å². The lowest BCUT2D eigenvalue weighted by atomic mass is 10.1. The van der Waals surface area contributed by atoms with Crippen LogP contribution in [0.15, 0.2) is 48.5 Å². The van der Waals surface area contributed by atoms with Gasteiger partial charge in [-0.15, -0.1) is 0 Å². The molecule has 0 aromatic heterocycles. The minimum absolute atomic E-state index is 0.611. The molecule has 0 amide bonds. The predicted octanol–water partition coefficient (Wildman–Crippen LogP) is 3.68. The molecule has 0 fully saturated rings. The zero-order chi connectivity index (χ0) is 13.8. The first-order chi connectivity index (χ1) is 9.38. The fraction of sp³-hybridized carbons (Fsp3) is 0.375. The fourth-order valence-electron chi connectivity index (χ4n) is 1.60. The van der Waals surface area contributed by atoms with Gasteiger partial charge >= 0.3 is 10.0 Å². The first-order valence-corrected chi connectivity index (χ1v) is 8.13. The van der Waals surface area contributed by atoms with Crippen LogP contribution in [0.3, 0.4) is 0 Å². The van der Waals surface area contributed by atoms with Crippen molar-refractivity contribution in [2.24, 2.45) is 0 Å². The highest BCUT2D eigenvalue weighted by Gasteiger charge is 1.85. The molecule has 0 aliphatic carbocycles. The molecule has 0 saturated heterocycles. The summed E-state index contributed by atoms with van der Waals surface area (Å²) >= 11 is 0. The highest BCUT2D eigenvalue weighted by molar-refractivity contribution is 6.17. The molecule has 0 unspecified atom stereocenters. The minimum atomic E-state index is -0.611. The van der Waals surface area contributed by atoms with Crippen molar-refractivity contribution in [3.8, 4) is 0 Å². The van der Waals surface area contributed by atoms with Crippen LogP contribution in [0.5, 0.6) is 0 Å². The molecule has 2 aromatic carbocycles. The lowest BCUT2D eigenvalue weighted by Gasteiger charge is -2.00. The Hall–Kier alpha value is -1.16. The molecule has 2 aromatic rings. The molecule has 0 spiro atoms. The molecular weight excluding hydrogens is 252 g/mol. The van der Waals surface area contributed by atoms with Crippen molar-refractivity contribution >= 4 is 20.8 Å². The maximum Gasteiger partial charge on any atom is 0.304 e. The molecule has 0 aliphatic heterocycles. The van der Waals surface area contributed by atoms with Gasteiger partial charge in [0.1, 0.15) is 0 Å². The number of rotatable bonds is 6. The van der Waals surface area contributed by atoms with Crippen molar-refractivity contribution in [3.05, 3.63) is 48.5 Å². The van der Waals surface area contributed by atoms with Crippen molar-refractivity contribution in [2.75, 3.05) is 13.2 Å². The Kier molecular flexibility index (Phi) is 8.98. The fourth-order valence-corrected chi connectivity index (χ4v) is 2.53. The van der Waals surface area contributed by atoms with Crippen LogP contribution in [0.4, 0.5) is 0 Å². The van der Waals surface area contributed by atoms with Gasteiger partial charge in [-0.05, 0) is 23.6 Å². The van der Waals surface area contributed by atoms with Gasteiger partial charge in [0.15, 0.2) is 0 Å². The lowest BCUT2D eigenvalue weighted by Crippen LogP contribution is -2.05. The molecule has 0 saturated carbocycles. The van der Waals surface area contributed by atoms with Gasteiger partial charge in [-0.2, -0.15) is 0 Å². The van der Waals surface area contributed by atoms with E-state index in [1.54, 1.807) is 0 Å². The molecule has 0 bridgehead atoms. The second-order valence-electron chi connectivity index (χ2n) is 4.28. The molecule has 3 heteroatoms. The first-order valence-electron chi connectivity index (χ1n) is 6.97. The van der Waals surface area contributed by atoms with Crippen LogP contribution in [0, 0.1) is 0 Å². The molecular formula is C16H24O2Si. The van der Waals surface area contributed by atoms with E-state index >= 15 is 0 Å². The zero-order valence-corrected chi connectivity index (χ0v) is 13.4. The average Bonchev–Trinajstić information content (AvgIpc) is 2.48. The van der Waals surface area contributed by atoms with Crippen LogP contribution in [-0.2, 0) is 8.85 Å². The van der Waals surface area contributed by atoms with E-state index in [2.05, 4.69) is 62.4 Å². The Morgan fingerprint density at radius 1 is 0.737 bits per heavy atom. The van der Waals surface area contributed by atoms with E-state index in [0.29, 0.717) is 0 Å². The third-order valence-electron chi connectivity index (χ3n) is 2.52. The third kappa shape index (κ3) is 7.11. The van der Waals surface area contributed by atoms with Gasteiger partial charge < -0.3 is 8.85 Å². The Morgan fingerprint density at radius 2 is 1.11 bits per heavy atom. The third-order valence-corrected chi connectivity index (χ3v) is 3.43. The predicted molar refractivity (Wildman–Crippen MR) is 85.0 cm³/mol. The van der Waals surface area contributed by atoms with Crippen LogP contribution < -0.4 is 0 Å². The Bertz CT molecular complexity index is 374. The quantitative estimate of drug-likeness (QED) is 0.592. The standard InChI is InChI=1S/C10H8.C6H16O2Si/c1-2-6-10-8-4-3-7-9(10)5-1;1-3-5-7-9-8-6-4-2/h1-8H;3-6,9H2,1-2H3. The normalized spacial score (nSPS) is 10.0. The van der Waals surface area contributed by atoms with Gasteiger partial charge in [0.25, 0.3) is 0 Å². The average molecular weight is 276 g/mol. The van der Waals surface area contributed by atoms with E-state index in [-0.39, 0.29) is 0 Å². The van der Waals surface area contributed by atoms with Crippen LogP contribution in [0.25, 0.3) is 10.8 Å². The topological polar surface area (TPSA) is 18.5 Å². The summed E-state index contributed by atoms with van der Waals surface area (Å²) in [5.41, 5.74) is 0. The highest BCUT2D eigenvalue weighted by atomic mass is 28.3. The first kappa shape index (κ1) is 15.9. The van der Waals surface area contributed by atoms with Crippen molar-refractivity contribution in [1.82, 2.24) is 0 Å². The second-order valence-corrected chi connectivity index (χ2v) is 5.33. The van der Waals surface area contributed by atoms with E-state index in [9.17, 15) is 0 Å². The van der Waals surface area contributed by atoms with Crippen molar-refractivity contribution in [3.63, 3.8) is 0 Å². The molecule has 0 atom stereocenters. The summed E-state index contributed by atoms with van der Waals surface area (Å²) < 4.78 is 10.4. The molecule has 0 aliphatic rings. The summed E-state index contributed by atoms with van der Waals surface area (Å²) in [5.74, 6) is 0. The lowest BCUT2D eigenvalue weighted by molar-refractivity contribution is 0.222. The number of benzene rings is 2. The molecule has 104 valence electrons. The smallest absolute Gasteiger partial charge is 0.304 e. The van der Waals surface area contributed by atoms with Gasteiger partial charge in [-0.25, -0.2) is 0 Å². The number of fused-ring (bicyclic) bond motifs is 1. The summed E-state index contributed by atoms with van der Waals surface area (Å²) in [5, 5.41) is 2.62. The number of hydrogen-bond acceptors (Lipinski definition) is 2. The molecule has 0 N–H and O–H groups in total. The Labute approximate surface area is 118 Å². The maximum absolute atomic E-state index is 5.20. The Balaban J connectivity index is 0.000000192. The summed E-state index contributed by atoms with van der Waals surface area (Å²) in [6, 6.07) is 16.7. The monoisotopic (exact) mass is 276 g/mol. The molecule has 2 rings (SSSR count). The van der Waals surface area contributed by atoms with Crippen molar-refractivity contribution < 1.29 is 8.85 Å². The van der Waals surface area contributed by atoms with Gasteiger partial charge in [-0.1, -0.05) is 62.4 Å². The summed E-state index contributed by atoms with van der Waals surface area (Å²) in [4.78, 5) is 0. The maximum atomic E-state index is 5.20. The van der Waals surface area contributed by atoms with Crippen molar-refractivity contribution in [1.29, 1.82) is 0 Å². The number of hydrogen-bond donors (Lipinski definition) is 0. The van der Waals surface area contributed by atoms with Crippen LogP contribution >= 0.6 is 0 Å². The molecule has 19 heavy (non-hydrogen) atoms. The van der Waals surface area contributed by atoms with Gasteiger partial charge in [0, 0.05) is 13.2 Å². The zero-order valence-electron chi connectivity index (χ0n) is 12.0. The van der Waals surface area contributed by atoms with Crippen molar-refractivity contribution in [2.45, 2.75) is 26.7 Å². The highest BCUT2D eigenvalue weighted by Crippen LogP contribution is 2.11. The summed E-state index contributed by atoms with van der Waals surface area (Å²) in [7, 11) is -0.611. The molecule has 0 heterocycles. The Morgan fingerprint density at radius 3 is 1.42 bits per heavy atom. The second kappa shape index (κ2) is 10.7. The van der Waals surface area contributed by atoms with Crippen LogP contribution in [0.1, 0.15) is 26.7 Å².